The molecule has 1 aliphatic heterocycles. The van der Waals surface area contributed by atoms with E-state index in [9.17, 15) is 19.5 Å². The van der Waals surface area contributed by atoms with E-state index in [4.69, 9.17) is 4.74 Å². The van der Waals surface area contributed by atoms with Crippen LogP contribution in [0, 0.1) is 23.7 Å². The molecule has 1 aliphatic carbocycles. The Morgan fingerprint density at radius 1 is 1.15 bits per heavy atom. The summed E-state index contributed by atoms with van der Waals surface area (Å²) >= 11 is 0. The van der Waals surface area contributed by atoms with Crippen molar-refractivity contribution in [3.05, 3.63) is 54.6 Å². The number of carbonyl (C=O) groups excluding carboxylic acids is 3. The van der Waals surface area contributed by atoms with Crippen LogP contribution in [0.1, 0.15) is 20.8 Å². The van der Waals surface area contributed by atoms with Crippen molar-refractivity contribution in [2.45, 2.75) is 32.9 Å². The molecule has 1 heterocycles. The molecule has 0 spiro atoms. The maximum Gasteiger partial charge on any atom is 0.310 e. The monoisotopic (exact) mass is 450 g/mol. The highest BCUT2D eigenvalue weighted by molar-refractivity contribution is 6.02. The molecule has 2 amide bonds. The quantitative estimate of drug-likeness (QED) is 0.521. The van der Waals surface area contributed by atoms with Gasteiger partial charge in [-0.2, -0.15) is 0 Å². The van der Waals surface area contributed by atoms with E-state index in [1.54, 1.807) is 13.8 Å². The second-order valence-corrected chi connectivity index (χ2v) is 8.90. The molecule has 4 rings (SSSR count). The highest BCUT2D eigenvalue weighted by Gasteiger charge is 2.58. The molecular weight excluding hydrogens is 420 g/mol. The fraction of sp³-hybridized carbons (Fsp3) is 0.423. The molecule has 0 bridgehead atoms. The number of fused-ring (bicyclic) bond motifs is 2. The summed E-state index contributed by atoms with van der Waals surface area (Å²) in [5.41, 5.74) is 0.626. The number of anilines is 1. The zero-order valence-corrected chi connectivity index (χ0v) is 19.1. The Balaban J connectivity index is 1.68. The third kappa shape index (κ3) is 4.13. The fourth-order valence-electron chi connectivity index (χ4n) is 5.19. The van der Waals surface area contributed by atoms with Crippen LogP contribution < -0.4 is 5.32 Å². The Hall–Kier alpha value is -3.19. The highest BCUT2D eigenvalue weighted by Crippen LogP contribution is 2.45. The first-order valence-corrected chi connectivity index (χ1v) is 11.4. The fourth-order valence-corrected chi connectivity index (χ4v) is 5.19. The van der Waals surface area contributed by atoms with Crippen LogP contribution in [0.4, 0.5) is 5.69 Å². The summed E-state index contributed by atoms with van der Waals surface area (Å²) < 4.78 is 5.27. The maximum atomic E-state index is 13.5. The summed E-state index contributed by atoms with van der Waals surface area (Å²) in [7, 11) is 0. The Kier molecular flexibility index (Phi) is 6.51. The molecule has 33 heavy (non-hydrogen) atoms. The van der Waals surface area contributed by atoms with Crippen molar-refractivity contribution in [1.82, 2.24) is 4.90 Å². The zero-order valence-electron chi connectivity index (χ0n) is 19.1. The van der Waals surface area contributed by atoms with E-state index in [-0.39, 0.29) is 30.9 Å². The van der Waals surface area contributed by atoms with Gasteiger partial charge in [-0.15, -0.1) is 0 Å². The number of aliphatic hydroxyl groups excluding tert-OH is 1. The summed E-state index contributed by atoms with van der Waals surface area (Å²) in [6, 6.07) is 12.1. The molecule has 0 aromatic heterocycles. The van der Waals surface area contributed by atoms with Crippen LogP contribution in [0.15, 0.2) is 54.6 Å². The predicted octanol–water partition coefficient (Wildman–Crippen LogP) is 2.99. The van der Waals surface area contributed by atoms with Gasteiger partial charge in [-0.05, 0) is 42.7 Å². The van der Waals surface area contributed by atoms with E-state index in [1.165, 1.54) is 4.90 Å². The van der Waals surface area contributed by atoms with E-state index in [2.05, 4.69) is 5.32 Å². The molecule has 1 fully saturated rings. The number of benzene rings is 2. The summed E-state index contributed by atoms with van der Waals surface area (Å²) in [4.78, 5) is 41.3. The predicted molar refractivity (Wildman–Crippen MR) is 125 cm³/mol. The van der Waals surface area contributed by atoms with Gasteiger partial charge >= 0.3 is 5.97 Å². The molecule has 0 saturated carbocycles. The van der Waals surface area contributed by atoms with Crippen molar-refractivity contribution in [2.24, 2.45) is 23.7 Å². The van der Waals surface area contributed by atoms with Gasteiger partial charge in [0, 0.05) is 11.6 Å². The molecule has 2 aromatic rings. The summed E-state index contributed by atoms with van der Waals surface area (Å²) in [6.07, 6.45) is 3.76. The van der Waals surface area contributed by atoms with Crippen molar-refractivity contribution in [3.63, 3.8) is 0 Å². The summed E-state index contributed by atoms with van der Waals surface area (Å²) in [5.74, 6) is -3.11. The van der Waals surface area contributed by atoms with Crippen LogP contribution in [0.25, 0.3) is 10.8 Å². The number of hydrogen-bond acceptors (Lipinski definition) is 5. The first-order valence-electron chi connectivity index (χ1n) is 11.4. The number of ether oxygens (including phenoxy) is 1. The second kappa shape index (κ2) is 9.35. The lowest BCUT2D eigenvalue weighted by Crippen LogP contribution is -2.49. The number of nitrogens with one attached hydrogen (secondary N) is 1. The SMILES string of the molecule is CCOC(=O)[C@H]1[C@@H]2C(=O)N([C@H](C)CO)[C@H](C(=O)Nc3ccc4ccccc4c3)[C@H]2C=C[C@H]1C. The number of likely N-dealkylation sites (tertiary alicyclic amines) is 1. The molecular formula is C26H30N2O5. The third-order valence-corrected chi connectivity index (χ3v) is 6.79. The minimum absolute atomic E-state index is 0.192. The van der Waals surface area contributed by atoms with Crippen molar-refractivity contribution in [3.8, 4) is 0 Å². The van der Waals surface area contributed by atoms with E-state index in [0.29, 0.717) is 5.69 Å². The number of esters is 1. The van der Waals surface area contributed by atoms with E-state index >= 15 is 0 Å². The molecule has 0 radical (unpaired) electrons. The minimum Gasteiger partial charge on any atom is -0.466 e. The largest absolute Gasteiger partial charge is 0.466 e. The van der Waals surface area contributed by atoms with Crippen molar-refractivity contribution >= 4 is 34.2 Å². The number of nitrogens with zero attached hydrogens (tertiary/aromatic N) is 1. The maximum absolute atomic E-state index is 13.5. The number of hydrogen-bond donors (Lipinski definition) is 2. The lowest BCUT2D eigenvalue weighted by molar-refractivity contribution is -0.155. The number of aliphatic hydroxyl groups is 1. The Labute approximate surface area is 193 Å². The van der Waals surface area contributed by atoms with Gasteiger partial charge in [-0.3, -0.25) is 14.4 Å². The van der Waals surface area contributed by atoms with Crippen LogP contribution in [0.2, 0.25) is 0 Å². The number of carbonyl (C=O) groups is 3. The van der Waals surface area contributed by atoms with Gasteiger partial charge in [0.1, 0.15) is 6.04 Å². The Morgan fingerprint density at radius 2 is 1.88 bits per heavy atom. The number of allylic oxidation sites excluding steroid dienone is 1. The van der Waals surface area contributed by atoms with Gasteiger partial charge in [-0.25, -0.2) is 0 Å². The average molecular weight is 451 g/mol. The van der Waals surface area contributed by atoms with Crippen LogP contribution in [-0.2, 0) is 19.1 Å². The Morgan fingerprint density at radius 3 is 2.58 bits per heavy atom. The normalized spacial score (nSPS) is 27.3. The third-order valence-electron chi connectivity index (χ3n) is 6.79. The van der Waals surface area contributed by atoms with Gasteiger partial charge in [0.25, 0.3) is 0 Å². The molecule has 2 aromatic carbocycles. The first-order chi connectivity index (χ1) is 15.9. The minimum atomic E-state index is -0.836. The van der Waals surface area contributed by atoms with Crippen molar-refractivity contribution in [1.29, 1.82) is 0 Å². The van der Waals surface area contributed by atoms with Gasteiger partial charge in [-0.1, -0.05) is 49.4 Å². The van der Waals surface area contributed by atoms with Crippen LogP contribution in [-0.4, -0.2) is 53.1 Å². The average Bonchev–Trinajstić information content (AvgIpc) is 3.11. The van der Waals surface area contributed by atoms with Crippen LogP contribution >= 0.6 is 0 Å². The second-order valence-electron chi connectivity index (χ2n) is 8.90. The molecule has 2 N–H and O–H groups in total. The molecule has 2 aliphatic rings. The van der Waals surface area contributed by atoms with Gasteiger partial charge in [0.2, 0.25) is 11.8 Å². The molecule has 7 nitrogen and oxygen atoms in total. The lowest BCUT2D eigenvalue weighted by Gasteiger charge is -2.32. The Bertz CT molecular complexity index is 1100. The molecule has 174 valence electrons. The van der Waals surface area contributed by atoms with Gasteiger partial charge in [0.15, 0.2) is 0 Å². The highest BCUT2D eigenvalue weighted by atomic mass is 16.5. The molecule has 0 unspecified atom stereocenters. The zero-order chi connectivity index (χ0) is 23.7. The molecule has 7 heteroatoms. The van der Waals surface area contributed by atoms with E-state index < -0.39 is 35.8 Å². The molecule has 6 atom stereocenters. The van der Waals surface area contributed by atoms with Crippen molar-refractivity contribution in [2.75, 3.05) is 18.5 Å². The lowest BCUT2D eigenvalue weighted by atomic mass is 9.70. The summed E-state index contributed by atoms with van der Waals surface area (Å²) in [6.45, 7) is 5.26. The standard InChI is InChI=1S/C26H30N2O5/c1-4-33-26(32)21-15(2)9-12-20-22(21)25(31)28(16(3)14-29)23(20)24(30)27-19-11-10-17-7-5-6-8-18(17)13-19/h5-13,15-16,20-23,29H,4,14H2,1-3H3,(H,27,30)/t15-,16-,20+,21-,22-,23+/m1/s1. The van der Waals surface area contributed by atoms with E-state index in [0.717, 1.165) is 10.8 Å². The first kappa shape index (κ1) is 23.0. The van der Waals surface area contributed by atoms with Gasteiger partial charge in [0.05, 0.1) is 31.1 Å². The van der Waals surface area contributed by atoms with Gasteiger partial charge < -0.3 is 20.1 Å². The van der Waals surface area contributed by atoms with E-state index in [1.807, 2.05) is 61.5 Å². The topological polar surface area (TPSA) is 95.9 Å². The molecule has 1 saturated heterocycles. The van der Waals surface area contributed by atoms with Crippen LogP contribution in [0.5, 0.6) is 0 Å². The number of amides is 2. The summed E-state index contributed by atoms with van der Waals surface area (Å²) in [5, 5.41) is 14.8. The smallest absolute Gasteiger partial charge is 0.310 e. The van der Waals surface area contributed by atoms with Crippen LogP contribution in [0.3, 0.4) is 0 Å². The van der Waals surface area contributed by atoms with Crippen molar-refractivity contribution < 1.29 is 24.2 Å². The number of rotatable bonds is 6.